The normalized spacial score (nSPS) is 13.0. The van der Waals surface area contributed by atoms with E-state index >= 15 is 0 Å². The third-order valence-electron chi connectivity index (χ3n) is 9.80. The highest BCUT2D eigenvalue weighted by Crippen LogP contribution is 2.40. The Kier molecular flexibility index (Phi) is 18.5. The van der Waals surface area contributed by atoms with Crippen molar-refractivity contribution >= 4 is 93.1 Å². The summed E-state index contributed by atoms with van der Waals surface area (Å²) in [5.41, 5.74) is 43.8. The number of carboxylic acid groups (broad SMARTS) is 1. The molecule has 0 saturated heterocycles. The maximum atomic E-state index is 14.4. The lowest BCUT2D eigenvalue weighted by Crippen LogP contribution is -2.58. The summed E-state index contributed by atoms with van der Waals surface area (Å²) in [7, 11) is 0. The molecule has 26 N–H and O–H groups in total. The number of aliphatic imine (C=N–C) groups is 4. The van der Waals surface area contributed by atoms with E-state index < -0.39 is 147 Å². The van der Waals surface area contributed by atoms with Crippen molar-refractivity contribution in [1.82, 2.24) is 26.6 Å². The molecule has 0 aliphatic carbocycles. The number of phenols is 1. The molecule has 0 fully saturated rings. The Morgan fingerprint density at radius 3 is 1.52 bits per heavy atom. The van der Waals surface area contributed by atoms with E-state index in [1.165, 1.54) is 54.6 Å². The first-order valence-corrected chi connectivity index (χ1v) is 20.8. The molecule has 75 heavy (non-hydrogen) atoms. The smallest absolute Gasteiger partial charge is 0.338 e. The number of amides is 6. The number of nitro benzene ring substituents is 2. The number of fused-ring (bicyclic) bond motifs is 1. The van der Waals surface area contributed by atoms with Gasteiger partial charge in [0.1, 0.15) is 17.5 Å². The molecule has 0 saturated carbocycles. The number of nitrogens with zero attached hydrogens (tertiary/aromatic N) is 7. The number of aliphatic hydroxyl groups is 1. The third kappa shape index (κ3) is 14.9. The summed E-state index contributed by atoms with van der Waals surface area (Å²) in [5, 5.41) is 68.6. The van der Waals surface area contributed by atoms with Crippen LogP contribution in [-0.4, -0.2) is 121 Å². The van der Waals surface area contributed by atoms with Crippen LogP contribution in [-0.2, 0) is 35.3 Å². The number of nitrogens with one attached hydrogen (secondary N) is 5. The topological polar surface area (TPSA) is 613 Å². The molecule has 4 aromatic carbocycles. The van der Waals surface area contributed by atoms with Crippen molar-refractivity contribution in [2.24, 2.45) is 71.6 Å². The first kappa shape index (κ1) is 56.5. The highest BCUT2D eigenvalue weighted by atomic mass is 16.6. The molecule has 0 heterocycles. The van der Waals surface area contributed by atoms with Crippen LogP contribution in [0.5, 0.6) is 5.75 Å². The van der Waals surface area contributed by atoms with E-state index in [-0.39, 0.29) is 16.5 Å². The van der Waals surface area contributed by atoms with Crippen molar-refractivity contribution in [3.05, 3.63) is 116 Å². The lowest BCUT2D eigenvalue weighted by Gasteiger charge is -2.31. The van der Waals surface area contributed by atoms with E-state index in [4.69, 9.17) is 51.6 Å². The number of aliphatic hydroxyl groups excluding tert-OH is 1. The minimum atomic E-state index is -2.78. The molecule has 4 aromatic rings. The number of phenolic OH excluding ortho intramolecular Hbond substituents is 1. The average Bonchev–Trinajstić information content (AvgIpc) is 3.33. The fourth-order valence-electron chi connectivity index (χ4n) is 6.66. The van der Waals surface area contributed by atoms with Crippen molar-refractivity contribution in [3.63, 3.8) is 0 Å². The Morgan fingerprint density at radius 1 is 0.587 bits per heavy atom. The Hall–Kier alpha value is -11.1. The zero-order valence-electron chi connectivity index (χ0n) is 38.3. The minimum absolute atomic E-state index is 0.120. The van der Waals surface area contributed by atoms with Crippen LogP contribution >= 0.6 is 0 Å². The van der Waals surface area contributed by atoms with E-state index in [1.54, 1.807) is 12.1 Å². The van der Waals surface area contributed by atoms with Gasteiger partial charge in [0.05, 0.1) is 28.0 Å². The molecule has 396 valence electrons. The van der Waals surface area contributed by atoms with Crippen molar-refractivity contribution in [2.45, 2.75) is 43.5 Å². The number of rotatable bonds is 23. The quantitative estimate of drug-likeness (QED) is 0.0108. The third-order valence-corrected chi connectivity index (χ3v) is 9.80. The van der Waals surface area contributed by atoms with Crippen LogP contribution in [0.3, 0.4) is 0 Å². The molecule has 0 aliphatic rings. The molecule has 0 radical (unpaired) electrons. The number of carbonyl (C=O) groups excluding carboxylic acids is 6. The summed E-state index contributed by atoms with van der Waals surface area (Å²) < 4.78 is 0. The average molecular weight is 1050 g/mol. The number of carboxylic acids is 1. The Labute approximate surface area is 419 Å². The van der Waals surface area contributed by atoms with Crippen LogP contribution in [0.1, 0.15) is 27.5 Å². The van der Waals surface area contributed by atoms with Gasteiger partial charge in [-0.2, -0.15) is 0 Å². The van der Waals surface area contributed by atoms with Gasteiger partial charge in [-0.3, -0.25) is 49.0 Å². The fraction of sp³-hybridized carbons (Fsp3) is 0.175. The van der Waals surface area contributed by atoms with E-state index in [0.717, 1.165) is 0 Å². The Morgan fingerprint density at radius 2 is 1.05 bits per heavy atom. The summed E-state index contributed by atoms with van der Waals surface area (Å²) in [4.78, 5) is 130. The molecular weight excluding hydrogens is 999 g/mol. The van der Waals surface area contributed by atoms with Crippen LogP contribution in [0.2, 0.25) is 0 Å². The summed E-state index contributed by atoms with van der Waals surface area (Å²) in [6.45, 7) is -0.927. The second kappa shape index (κ2) is 24.6. The Balaban J connectivity index is 1.77. The first-order chi connectivity index (χ1) is 35.2. The number of nitro groups is 2. The number of primary amides is 1. The summed E-state index contributed by atoms with van der Waals surface area (Å²) in [6.07, 6.45) is -11.5. The molecule has 4 rings (SSSR count). The number of aromatic hydroxyl groups is 1. The van der Waals surface area contributed by atoms with Gasteiger partial charge in [-0.05, 0) is 22.4 Å². The number of non-ortho nitro benzene ring substituents is 1. The molecule has 35 nitrogen and oxygen atoms in total. The highest BCUT2D eigenvalue weighted by Gasteiger charge is 2.39. The molecule has 6 atom stereocenters. The molecule has 0 aromatic heterocycles. The maximum Gasteiger partial charge on any atom is 0.338 e. The number of carbonyl (C=O) groups is 7. The van der Waals surface area contributed by atoms with Gasteiger partial charge in [0.15, 0.2) is 23.8 Å². The van der Waals surface area contributed by atoms with Gasteiger partial charge in [-0.1, -0.05) is 60.7 Å². The number of hydrogen-bond donors (Lipinski definition) is 17. The lowest BCUT2D eigenvalue weighted by atomic mass is 10.0. The zero-order valence-corrected chi connectivity index (χ0v) is 38.3. The van der Waals surface area contributed by atoms with Gasteiger partial charge in [-0.25, -0.2) is 24.8 Å². The fourth-order valence-corrected chi connectivity index (χ4v) is 6.66. The highest BCUT2D eigenvalue weighted by molar-refractivity contribution is 6.02. The number of anilines is 1. The molecular formula is C40H47N21O14. The van der Waals surface area contributed by atoms with Crippen molar-refractivity contribution < 1.29 is 58.7 Å². The largest absolute Gasteiger partial charge is 0.508 e. The molecule has 0 aliphatic heterocycles. The number of nitrogens with two attached hydrogens (primary N) is 9. The predicted molar refractivity (Wildman–Crippen MR) is 262 cm³/mol. The minimum Gasteiger partial charge on any atom is -0.508 e. The van der Waals surface area contributed by atoms with Gasteiger partial charge in [0, 0.05) is 11.6 Å². The second-order valence-corrected chi connectivity index (χ2v) is 15.1. The zero-order chi connectivity index (χ0) is 56.0. The van der Waals surface area contributed by atoms with Crippen LogP contribution < -0.4 is 83.1 Å². The molecule has 35 heteroatoms. The molecule has 6 unspecified atom stereocenters. The van der Waals surface area contributed by atoms with E-state index in [0.29, 0.717) is 22.4 Å². The molecule has 0 bridgehead atoms. The van der Waals surface area contributed by atoms with Gasteiger partial charge in [-0.15, -0.1) is 0 Å². The van der Waals surface area contributed by atoms with Crippen LogP contribution in [0.4, 0.5) is 17.1 Å². The van der Waals surface area contributed by atoms with Gasteiger partial charge in [0.25, 0.3) is 40.9 Å². The number of benzene rings is 4. The van der Waals surface area contributed by atoms with Gasteiger partial charge < -0.3 is 98.4 Å². The predicted octanol–water partition coefficient (Wildman–Crippen LogP) is -6.41. The second-order valence-electron chi connectivity index (χ2n) is 15.1. The SMILES string of the molecule is NC(=O)C(N=C(N)N)NC(=O)C(N=C(N)N)NC(=O)C(N=C(N)N)NC(=O)C(N=C(N)N)NC(=O)C(NC(=O)C(O)N(Cc1c(O)ccc2ccccc12)c1c(C(=O)O)cc([N+](=O)[O-])cc1[N+](=O)[O-])c1ccccc1. The Bertz CT molecular complexity index is 2990. The molecule has 6 amide bonds. The standard InChI is InChI=1S/C40H47N21O14/c41-25(63)26(55-37(42)43)51-31(65)28(57-39(46)47)53-33(67)29(58-40(48)49)54-32(66)27(56-38(44)45)52-30(64)23(16-7-2-1-3-8-16)50-34(68)35(69)59(14-20-18-9-5-4-6-15(18)10-11-22(20)62)24-19(36(70)71)12-17(60(72)73)13-21(24)61(74)75/h1-13,23,26-29,35,62,69H,14H2,(H2,41,63)(H,50,68)(H,51,65)(H,52,64)(H,53,67)(H,54,66)(H,70,71)(H4,42,43,55)(H4,44,45,56)(H4,46,47,57)(H4,48,49,58). The van der Waals surface area contributed by atoms with Crippen molar-refractivity contribution in [1.29, 1.82) is 0 Å². The summed E-state index contributed by atoms with van der Waals surface area (Å²) in [5.74, 6) is -14.5. The first-order valence-electron chi connectivity index (χ1n) is 20.8. The summed E-state index contributed by atoms with van der Waals surface area (Å²) in [6, 6.07) is 14.4. The van der Waals surface area contributed by atoms with Crippen molar-refractivity contribution in [2.75, 3.05) is 4.90 Å². The summed E-state index contributed by atoms with van der Waals surface area (Å²) >= 11 is 0. The van der Waals surface area contributed by atoms with Crippen LogP contribution in [0.15, 0.2) is 98.8 Å². The van der Waals surface area contributed by atoms with E-state index in [2.05, 4.69) is 30.6 Å². The van der Waals surface area contributed by atoms with E-state index in [9.17, 15) is 69.1 Å². The number of aromatic carboxylic acids is 1. The van der Waals surface area contributed by atoms with Gasteiger partial charge in [0.2, 0.25) is 36.8 Å². The number of guanidine groups is 4. The number of hydrogen-bond acceptors (Lipinski definition) is 18. The van der Waals surface area contributed by atoms with Crippen LogP contribution in [0, 0.1) is 20.2 Å². The van der Waals surface area contributed by atoms with Gasteiger partial charge >= 0.3 is 5.97 Å². The molecule has 0 spiro atoms. The van der Waals surface area contributed by atoms with Crippen molar-refractivity contribution in [3.8, 4) is 5.75 Å². The monoisotopic (exact) mass is 1050 g/mol. The van der Waals surface area contributed by atoms with E-state index in [1.807, 2.05) is 16.0 Å². The lowest BCUT2D eigenvalue weighted by molar-refractivity contribution is -0.393. The maximum absolute atomic E-state index is 14.4. The van der Waals surface area contributed by atoms with Crippen LogP contribution in [0.25, 0.3) is 10.8 Å².